The zero-order valence-electron chi connectivity index (χ0n) is 16.4. The number of halogens is 2. The van der Waals surface area contributed by atoms with Gasteiger partial charge in [-0.2, -0.15) is 22.8 Å². The number of hydrogen-bond acceptors (Lipinski definition) is 6. The first-order valence-corrected chi connectivity index (χ1v) is 11.2. The van der Waals surface area contributed by atoms with Gasteiger partial charge in [0.25, 0.3) is 16.1 Å². The lowest BCUT2D eigenvalue weighted by molar-refractivity contribution is 0.101. The van der Waals surface area contributed by atoms with Crippen molar-refractivity contribution < 1.29 is 22.7 Å². The van der Waals surface area contributed by atoms with Crippen LogP contribution < -0.4 is 14.8 Å². The highest BCUT2D eigenvalue weighted by molar-refractivity contribution is 7.90. The van der Waals surface area contributed by atoms with Crippen LogP contribution in [0.2, 0.25) is 5.02 Å². The molecule has 166 valence electrons. The van der Waals surface area contributed by atoms with E-state index in [1.807, 2.05) is 0 Å². The van der Waals surface area contributed by atoms with E-state index in [1.54, 1.807) is 10.6 Å². The first-order valence-electron chi connectivity index (χ1n) is 9.36. The summed E-state index contributed by atoms with van der Waals surface area (Å²) in [6.07, 6.45) is 2.02. The van der Waals surface area contributed by atoms with Crippen molar-refractivity contribution in [2.75, 3.05) is 16.6 Å². The van der Waals surface area contributed by atoms with Crippen LogP contribution in [0.5, 0.6) is 0 Å². The van der Waals surface area contributed by atoms with Crippen LogP contribution in [-0.4, -0.2) is 41.6 Å². The van der Waals surface area contributed by atoms with Gasteiger partial charge in [0, 0.05) is 30.0 Å². The molecule has 1 unspecified atom stereocenters. The number of aromatic nitrogens is 2. The van der Waals surface area contributed by atoms with Crippen molar-refractivity contribution in [2.45, 2.75) is 38.8 Å². The van der Waals surface area contributed by atoms with Gasteiger partial charge in [-0.15, -0.1) is 0 Å². The van der Waals surface area contributed by atoms with Crippen molar-refractivity contribution in [1.29, 1.82) is 5.26 Å². The quantitative estimate of drug-likeness (QED) is 0.453. The number of nitrogens with zero attached hydrogens (tertiary/aromatic N) is 3. The number of carbonyl (C=O) groups excluding carboxylic acids is 1. The number of nitriles is 1. The number of fused-ring (bicyclic) bond motifs is 1. The number of rotatable bonds is 7. The molecule has 3 heterocycles. The van der Waals surface area contributed by atoms with Gasteiger partial charge in [-0.05, 0) is 32.3 Å². The minimum absolute atomic E-state index is 0.0112. The lowest BCUT2D eigenvalue weighted by Gasteiger charge is -2.19. The van der Waals surface area contributed by atoms with Gasteiger partial charge >= 0.3 is 0 Å². The Bertz CT molecular complexity index is 1160. The summed E-state index contributed by atoms with van der Waals surface area (Å²) in [6, 6.07) is 3.13. The molecule has 10 nitrogen and oxygen atoms in total. The second-order valence-corrected chi connectivity index (χ2v) is 8.85. The van der Waals surface area contributed by atoms with Gasteiger partial charge in [0.05, 0.1) is 17.3 Å². The Hall–Kier alpha value is -2.72. The van der Waals surface area contributed by atoms with Gasteiger partial charge in [0.2, 0.25) is 5.95 Å². The number of aliphatic hydroxyl groups excluding tert-OH is 1. The third kappa shape index (κ3) is 5.13. The molecule has 2 aromatic heterocycles. The van der Waals surface area contributed by atoms with Gasteiger partial charge in [0.15, 0.2) is 0 Å². The van der Waals surface area contributed by atoms with E-state index in [2.05, 4.69) is 19.7 Å². The Morgan fingerprint density at radius 2 is 2.19 bits per heavy atom. The normalized spacial score (nSPS) is 14.4. The number of hydrogen-bond donors (Lipinski definition) is 4. The molecule has 1 atom stereocenters. The number of pyridine rings is 1. The second-order valence-electron chi connectivity index (χ2n) is 7.03. The van der Waals surface area contributed by atoms with Gasteiger partial charge in [-0.25, -0.2) is 4.98 Å². The molecule has 0 saturated carbocycles. The standard InChI is InChI=1S/C18H20ClFN6O4S/c1-10(9-27)24-31(29,30)25-16-13-4-2-3-5-26(13)17(15(16)19)18(28)23-11-6-12(8-21)22-14(20)7-11/h6-7,10,24-25,27H,2-5,9H2,1H3,(H,22,23,28). The molecule has 0 fully saturated rings. The summed E-state index contributed by atoms with van der Waals surface area (Å²) in [5.74, 6) is -1.63. The van der Waals surface area contributed by atoms with E-state index in [1.165, 1.54) is 13.0 Å². The molecule has 0 aliphatic carbocycles. The largest absolute Gasteiger partial charge is 0.395 e. The molecule has 1 aliphatic rings. The topological polar surface area (TPSA) is 149 Å². The van der Waals surface area contributed by atoms with Crippen molar-refractivity contribution in [2.24, 2.45) is 0 Å². The van der Waals surface area contributed by atoms with E-state index in [4.69, 9.17) is 22.0 Å². The average Bonchev–Trinajstić information content (AvgIpc) is 2.98. The van der Waals surface area contributed by atoms with Crippen molar-refractivity contribution in [3.63, 3.8) is 0 Å². The van der Waals surface area contributed by atoms with Crippen LogP contribution in [-0.2, 0) is 23.2 Å². The van der Waals surface area contributed by atoms with E-state index in [0.29, 0.717) is 18.7 Å². The smallest absolute Gasteiger partial charge is 0.299 e. The summed E-state index contributed by atoms with van der Waals surface area (Å²) in [7, 11) is -4.07. The molecule has 0 aromatic carbocycles. The van der Waals surface area contributed by atoms with Gasteiger partial charge in [0.1, 0.15) is 17.5 Å². The van der Waals surface area contributed by atoms with Gasteiger partial charge in [-0.3, -0.25) is 9.52 Å². The Morgan fingerprint density at radius 1 is 1.45 bits per heavy atom. The number of carbonyl (C=O) groups is 1. The highest BCUT2D eigenvalue weighted by Crippen LogP contribution is 2.37. The molecular weight excluding hydrogens is 451 g/mol. The summed E-state index contributed by atoms with van der Waals surface area (Å²) < 4.78 is 44.6. The first kappa shape index (κ1) is 23.0. The minimum Gasteiger partial charge on any atom is -0.395 e. The van der Waals surface area contributed by atoms with Crippen LogP contribution in [0, 0.1) is 17.3 Å². The molecule has 1 amide bonds. The fourth-order valence-electron chi connectivity index (χ4n) is 3.31. The molecule has 4 N–H and O–H groups in total. The monoisotopic (exact) mass is 470 g/mol. The third-order valence-electron chi connectivity index (χ3n) is 4.61. The number of amides is 1. The summed E-state index contributed by atoms with van der Waals surface area (Å²) in [5, 5.41) is 20.4. The minimum atomic E-state index is -4.07. The second kappa shape index (κ2) is 9.19. The fourth-order valence-corrected chi connectivity index (χ4v) is 4.86. The predicted octanol–water partition coefficient (Wildman–Crippen LogP) is 1.76. The SMILES string of the molecule is CC(CO)NS(=O)(=O)Nc1c(Cl)c(C(=O)Nc2cc(F)nc(C#N)c2)n2c1CCCC2. The summed E-state index contributed by atoms with van der Waals surface area (Å²) >= 11 is 6.42. The highest BCUT2D eigenvalue weighted by Gasteiger charge is 2.30. The van der Waals surface area contributed by atoms with E-state index in [9.17, 15) is 17.6 Å². The number of anilines is 2. The Morgan fingerprint density at radius 3 is 2.87 bits per heavy atom. The number of nitrogens with one attached hydrogen (secondary N) is 3. The molecule has 0 bridgehead atoms. The van der Waals surface area contributed by atoms with Crippen LogP contribution in [0.25, 0.3) is 0 Å². The molecule has 0 radical (unpaired) electrons. The molecule has 0 spiro atoms. The van der Waals surface area contributed by atoms with Gasteiger partial charge in [-0.1, -0.05) is 11.6 Å². The van der Waals surface area contributed by atoms with Crippen LogP contribution in [0.3, 0.4) is 0 Å². The average molecular weight is 471 g/mol. The van der Waals surface area contributed by atoms with Crippen molar-refractivity contribution >= 4 is 39.1 Å². The zero-order chi connectivity index (χ0) is 22.8. The maximum atomic E-state index is 13.6. The fraction of sp³-hybridized carbons (Fsp3) is 0.389. The summed E-state index contributed by atoms with van der Waals surface area (Å²) in [6.45, 7) is 1.52. The Balaban J connectivity index is 1.97. The lowest BCUT2D eigenvalue weighted by atomic mass is 10.1. The van der Waals surface area contributed by atoms with E-state index >= 15 is 0 Å². The lowest BCUT2D eigenvalue weighted by Crippen LogP contribution is -2.39. The van der Waals surface area contributed by atoms with Crippen LogP contribution in [0.15, 0.2) is 12.1 Å². The maximum Gasteiger partial charge on any atom is 0.299 e. The third-order valence-corrected chi connectivity index (χ3v) is 6.16. The van der Waals surface area contributed by atoms with E-state index in [-0.39, 0.29) is 27.8 Å². The molecule has 1 aliphatic heterocycles. The molecule has 13 heteroatoms. The Kier molecular flexibility index (Phi) is 6.80. The molecular formula is C18H20ClFN6O4S. The van der Waals surface area contributed by atoms with Crippen LogP contribution >= 0.6 is 11.6 Å². The van der Waals surface area contributed by atoms with Crippen molar-refractivity contribution in [3.8, 4) is 6.07 Å². The van der Waals surface area contributed by atoms with Crippen molar-refractivity contribution in [1.82, 2.24) is 14.3 Å². The van der Waals surface area contributed by atoms with E-state index < -0.39 is 34.7 Å². The predicted molar refractivity (Wildman–Crippen MR) is 111 cm³/mol. The van der Waals surface area contributed by atoms with Gasteiger partial charge < -0.3 is 15.0 Å². The Labute approximate surface area is 183 Å². The first-order chi connectivity index (χ1) is 14.6. The number of aliphatic hydroxyl groups is 1. The molecule has 2 aromatic rings. The highest BCUT2D eigenvalue weighted by atomic mass is 35.5. The van der Waals surface area contributed by atoms with Crippen molar-refractivity contribution in [3.05, 3.63) is 40.2 Å². The summed E-state index contributed by atoms with van der Waals surface area (Å²) in [4.78, 5) is 16.3. The zero-order valence-corrected chi connectivity index (χ0v) is 18.0. The summed E-state index contributed by atoms with van der Waals surface area (Å²) in [5.41, 5.74) is 0.429. The van der Waals surface area contributed by atoms with Crippen LogP contribution in [0.1, 0.15) is 41.6 Å². The maximum absolute atomic E-state index is 13.6. The molecule has 31 heavy (non-hydrogen) atoms. The molecule has 0 saturated heterocycles. The molecule has 3 rings (SSSR count). The van der Waals surface area contributed by atoms with Crippen LogP contribution in [0.4, 0.5) is 15.8 Å². The van der Waals surface area contributed by atoms with E-state index in [0.717, 1.165) is 18.9 Å².